The van der Waals surface area contributed by atoms with Gasteiger partial charge in [-0.1, -0.05) is 24.2 Å². The summed E-state index contributed by atoms with van der Waals surface area (Å²) in [6.45, 7) is 13.2. The van der Waals surface area contributed by atoms with Crippen molar-refractivity contribution in [2.45, 2.75) is 27.7 Å². The van der Waals surface area contributed by atoms with Crippen LogP contribution in [0.3, 0.4) is 0 Å². The van der Waals surface area contributed by atoms with Crippen molar-refractivity contribution < 1.29 is 19.0 Å². The van der Waals surface area contributed by atoms with E-state index in [4.69, 9.17) is 14.2 Å². The van der Waals surface area contributed by atoms with Crippen molar-refractivity contribution in [3.8, 4) is 11.5 Å². The van der Waals surface area contributed by atoms with Gasteiger partial charge in [-0.2, -0.15) is 0 Å². The second-order valence-electron chi connectivity index (χ2n) is 6.09. The number of hydrogen-bond acceptors (Lipinski definition) is 6. The molecular formula is C21H34N2O4. The summed E-state index contributed by atoms with van der Waals surface area (Å²) in [4.78, 5) is 6.89. The lowest BCUT2D eigenvalue weighted by Crippen LogP contribution is -2.31. The Morgan fingerprint density at radius 1 is 1.04 bits per heavy atom. The highest BCUT2D eigenvalue weighted by Gasteiger charge is 2.09. The van der Waals surface area contributed by atoms with Gasteiger partial charge in [0.1, 0.15) is 31.8 Å². The van der Waals surface area contributed by atoms with Crippen LogP contribution in [0.4, 0.5) is 0 Å². The van der Waals surface area contributed by atoms with Crippen LogP contribution in [0, 0.1) is 13.8 Å². The molecule has 152 valence electrons. The predicted octanol–water partition coefficient (Wildman–Crippen LogP) is 3.61. The van der Waals surface area contributed by atoms with E-state index < -0.39 is 0 Å². The largest absolute Gasteiger partial charge is 0.492 e. The van der Waals surface area contributed by atoms with Crippen molar-refractivity contribution in [1.82, 2.24) is 4.90 Å². The summed E-state index contributed by atoms with van der Waals surface area (Å²) in [6.07, 6.45) is 5.58. The maximum absolute atomic E-state index is 6.05. The molecule has 0 aliphatic heterocycles. The number of benzene rings is 1. The number of allylic oxidation sites excluding steroid dienone is 1. The zero-order valence-corrected chi connectivity index (χ0v) is 17.4. The monoisotopic (exact) mass is 378 g/mol. The minimum atomic E-state index is 0.461. The Balaban J connectivity index is 2.41. The van der Waals surface area contributed by atoms with Crippen LogP contribution in [0.15, 0.2) is 29.4 Å². The topological polar surface area (TPSA) is 52.5 Å². The molecule has 0 aromatic heterocycles. The number of ether oxygens (including phenoxy) is 3. The van der Waals surface area contributed by atoms with E-state index in [0.717, 1.165) is 42.3 Å². The highest BCUT2D eigenvalue weighted by molar-refractivity contribution is 5.57. The summed E-state index contributed by atoms with van der Waals surface area (Å²) in [7, 11) is 1.52. The summed E-state index contributed by atoms with van der Waals surface area (Å²) >= 11 is 0. The van der Waals surface area contributed by atoms with E-state index in [1.807, 2.05) is 31.2 Å². The molecule has 6 nitrogen and oxygen atoms in total. The highest BCUT2D eigenvalue weighted by atomic mass is 16.6. The van der Waals surface area contributed by atoms with E-state index in [1.54, 1.807) is 6.21 Å². The first kappa shape index (κ1) is 23.0. The van der Waals surface area contributed by atoms with Gasteiger partial charge in [-0.3, -0.25) is 4.90 Å². The van der Waals surface area contributed by atoms with Crippen LogP contribution in [-0.4, -0.2) is 64.3 Å². The van der Waals surface area contributed by atoms with Crippen molar-refractivity contribution in [1.29, 1.82) is 0 Å². The molecule has 0 radical (unpaired) electrons. The average Bonchev–Trinajstić information content (AvgIpc) is 2.65. The lowest BCUT2D eigenvalue weighted by molar-refractivity contribution is 0.122. The van der Waals surface area contributed by atoms with Crippen molar-refractivity contribution in [3.05, 3.63) is 35.4 Å². The molecule has 27 heavy (non-hydrogen) atoms. The number of likely N-dealkylation sites (N-methyl/N-ethyl adjacent to an activating group) is 1. The van der Waals surface area contributed by atoms with E-state index in [0.29, 0.717) is 26.4 Å². The van der Waals surface area contributed by atoms with E-state index in [9.17, 15) is 0 Å². The van der Waals surface area contributed by atoms with Crippen molar-refractivity contribution in [2.24, 2.45) is 5.16 Å². The van der Waals surface area contributed by atoms with Gasteiger partial charge in [0.05, 0.1) is 19.4 Å². The molecule has 0 atom stereocenters. The molecule has 0 N–H and O–H groups in total. The third-order valence-electron chi connectivity index (χ3n) is 4.04. The summed E-state index contributed by atoms with van der Waals surface area (Å²) in [6, 6.07) is 4.05. The van der Waals surface area contributed by atoms with E-state index >= 15 is 0 Å². The van der Waals surface area contributed by atoms with Crippen molar-refractivity contribution in [3.63, 3.8) is 0 Å². The molecule has 0 saturated carbocycles. The maximum Gasteiger partial charge on any atom is 0.125 e. The lowest BCUT2D eigenvalue weighted by Gasteiger charge is -2.21. The fourth-order valence-corrected chi connectivity index (χ4v) is 2.60. The molecule has 0 bridgehead atoms. The van der Waals surface area contributed by atoms with Crippen LogP contribution in [0.25, 0.3) is 0 Å². The lowest BCUT2D eigenvalue weighted by atomic mass is 10.1. The molecular weight excluding hydrogens is 344 g/mol. The van der Waals surface area contributed by atoms with Gasteiger partial charge in [0.25, 0.3) is 0 Å². The third-order valence-corrected chi connectivity index (χ3v) is 4.04. The second-order valence-corrected chi connectivity index (χ2v) is 6.09. The first-order valence-electron chi connectivity index (χ1n) is 9.45. The van der Waals surface area contributed by atoms with E-state index in [-0.39, 0.29) is 0 Å². The number of nitrogens with zero attached hydrogens (tertiary/aromatic N) is 2. The Kier molecular flexibility index (Phi) is 12.0. The van der Waals surface area contributed by atoms with Crippen LogP contribution in [0.1, 0.15) is 25.0 Å². The smallest absolute Gasteiger partial charge is 0.125 e. The SMILES string of the molecule is C/C=C/COc1cc(C)c(OCCN(CC)CCOCC=NOC)c(C)c1. The zero-order valence-electron chi connectivity index (χ0n) is 17.4. The zero-order chi connectivity index (χ0) is 19.9. The minimum absolute atomic E-state index is 0.461. The number of oxime groups is 1. The van der Waals surface area contributed by atoms with E-state index in [1.165, 1.54) is 7.11 Å². The van der Waals surface area contributed by atoms with Gasteiger partial charge in [0.2, 0.25) is 0 Å². The fraction of sp³-hybridized carbons (Fsp3) is 0.571. The first-order chi connectivity index (χ1) is 13.1. The molecule has 0 spiro atoms. The molecule has 0 heterocycles. The van der Waals surface area contributed by atoms with Crippen molar-refractivity contribution >= 4 is 6.21 Å². The van der Waals surface area contributed by atoms with Gasteiger partial charge in [-0.25, -0.2) is 0 Å². The fourth-order valence-electron chi connectivity index (χ4n) is 2.60. The Morgan fingerprint density at radius 2 is 1.74 bits per heavy atom. The average molecular weight is 379 g/mol. The minimum Gasteiger partial charge on any atom is -0.492 e. The molecule has 1 aromatic carbocycles. The quantitative estimate of drug-likeness (QED) is 0.214. The summed E-state index contributed by atoms with van der Waals surface area (Å²) < 4.78 is 17.3. The van der Waals surface area contributed by atoms with Gasteiger partial charge < -0.3 is 19.0 Å². The first-order valence-corrected chi connectivity index (χ1v) is 9.45. The number of hydrogen-bond donors (Lipinski definition) is 0. The predicted molar refractivity (Wildman–Crippen MR) is 110 cm³/mol. The molecule has 1 aromatic rings. The Labute approximate surface area is 163 Å². The van der Waals surface area contributed by atoms with Crippen LogP contribution in [0.5, 0.6) is 11.5 Å². The van der Waals surface area contributed by atoms with Gasteiger partial charge in [0.15, 0.2) is 0 Å². The van der Waals surface area contributed by atoms with Crippen LogP contribution >= 0.6 is 0 Å². The van der Waals surface area contributed by atoms with Gasteiger partial charge in [-0.15, -0.1) is 0 Å². The normalized spacial score (nSPS) is 11.6. The molecule has 0 unspecified atom stereocenters. The third kappa shape index (κ3) is 9.45. The van der Waals surface area contributed by atoms with Crippen molar-refractivity contribution in [2.75, 3.05) is 53.2 Å². The van der Waals surface area contributed by atoms with E-state index in [2.05, 4.69) is 35.7 Å². The Bertz CT molecular complexity index is 565. The summed E-state index contributed by atoms with van der Waals surface area (Å²) in [5, 5.41) is 3.64. The number of aryl methyl sites for hydroxylation is 2. The van der Waals surface area contributed by atoms with Gasteiger partial charge in [-0.05, 0) is 50.6 Å². The van der Waals surface area contributed by atoms with Crippen LogP contribution < -0.4 is 9.47 Å². The standard InChI is InChI=1S/C21H34N2O4/c1-6-8-12-26-20-16-18(3)21(19(4)17-20)27-15-11-23(7-2)10-14-25-13-9-22-24-5/h6,8-9,16-17H,7,10-15H2,1-5H3/b8-6+,22-9?. The second kappa shape index (κ2) is 14.1. The van der Waals surface area contributed by atoms with Gasteiger partial charge in [0, 0.05) is 13.1 Å². The Hall–Kier alpha value is -2.05. The molecule has 0 fully saturated rings. The number of rotatable bonds is 14. The Morgan fingerprint density at radius 3 is 2.37 bits per heavy atom. The molecule has 0 amide bonds. The summed E-state index contributed by atoms with van der Waals surface area (Å²) in [5.41, 5.74) is 2.18. The molecule has 0 aliphatic rings. The molecule has 0 aliphatic carbocycles. The van der Waals surface area contributed by atoms with Gasteiger partial charge >= 0.3 is 0 Å². The summed E-state index contributed by atoms with van der Waals surface area (Å²) in [5.74, 6) is 1.82. The van der Waals surface area contributed by atoms with Crippen LogP contribution in [0.2, 0.25) is 0 Å². The molecule has 1 rings (SSSR count). The molecule has 0 saturated heterocycles. The molecule has 6 heteroatoms. The highest BCUT2D eigenvalue weighted by Crippen LogP contribution is 2.28. The van der Waals surface area contributed by atoms with Crippen LogP contribution in [-0.2, 0) is 9.57 Å². The maximum atomic E-state index is 6.05.